The van der Waals surface area contributed by atoms with Crippen molar-refractivity contribution in [2.45, 2.75) is 5.16 Å². The van der Waals surface area contributed by atoms with Crippen LogP contribution < -0.4 is 10.5 Å². The molecule has 2 aromatic carbocycles. The summed E-state index contributed by atoms with van der Waals surface area (Å²) in [5.74, 6) is 0.338. The average molecular weight is 434 g/mol. The van der Waals surface area contributed by atoms with Gasteiger partial charge < -0.3 is 14.8 Å². The Labute approximate surface area is 183 Å². The lowest BCUT2D eigenvalue weighted by Gasteiger charge is -2.36. The Balaban J connectivity index is 1.29. The predicted molar refractivity (Wildman–Crippen MR) is 125 cm³/mol. The first-order valence-electron chi connectivity index (χ1n) is 10.3. The van der Waals surface area contributed by atoms with E-state index in [0.717, 1.165) is 24.0 Å². The van der Waals surface area contributed by atoms with E-state index in [9.17, 15) is 9.59 Å². The molecule has 0 saturated carbocycles. The maximum absolute atomic E-state index is 12.8. The monoisotopic (exact) mass is 433 g/mol. The number of nitrogens with zero attached hydrogens (tertiary/aromatic N) is 4. The van der Waals surface area contributed by atoms with E-state index in [1.54, 1.807) is 7.05 Å². The molecule has 2 aromatic heterocycles. The van der Waals surface area contributed by atoms with E-state index >= 15 is 0 Å². The topological polar surface area (TPSA) is 74.2 Å². The second kappa shape index (κ2) is 8.11. The molecule has 31 heavy (non-hydrogen) atoms. The van der Waals surface area contributed by atoms with Gasteiger partial charge in [-0.25, -0.2) is 4.98 Å². The third kappa shape index (κ3) is 3.67. The number of rotatable bonds is 4. The van der Waals surface area contributed by atoms with Crippen LogP contribution in [-0.2, 0) is 11.8 Å². The molecule has 0 bridgehead atoms. The molecule has 5 rings (SSSR count). The number of benzene rings is 2. The summed E-state index contributed by atoms with van der Waals surface area (Å²) in [5, 5.41) is 1.47. The van der Waals surface area contributed by atoms with Gasteiger partial charge in [0.2, 0.25) is 5.91 Å². The van der Waals surface area contributed by atoms with Crippen LogP contribution in [0.1, 0.15) is 0 Å². The van der Waals surface area contributed by atoms with Gasteiger partial charge in [-0.3, -0.25) is 14.2 Å². The van der Waals surface area contributed by atoms with Crippen molar-refractivity contribution < 1.29 is 4.79 Å². The van der Waals surface area contributed by atoms with Crippen LogP contribution in [0, 0.1) is 0 Å². The zero-order chi connectivity index (χ0) is 21.4. The summed E-state index contributed by atoms with van der Waals surface area (Å²) < 4.78 is 1.52. The largest absolute Gasteiger partial charge is 0.368 e. The molecule has 0 radical (unpaired) electrons. The van der Waals surface area contributed by atoms with Crippen LogP contribution in [-0.4, -0.2) is 57.3 Å². The fourth-order valence-electron chi connectivity index (χ4n) is 4.02. The molecule has 1 amide bonds. The first-order chi connectivity index (χ1) is 15.1. The summed E-state index contributed by atoms with van der Waals surface area (Å²) in [7, 11) is 1.70. The minimum absolute atomic E-state index is 0.0750. The average Bonchev–Trinajstić information content (AvgIpc) is 3.20. The number of hydrogen-bond acceptors (Lipinski definition) is 5. The summed E-state index contributed by atoms with van der Waals surface area (Å²) in [5.41, 5.74) is 3.10. The Morgan fingerprint density at radius 1 is 1.03 bits per heavy atom. The molecule has 3 heterocycles. The van der Waals surface area contributed by atoms with Crippen LogP contribution in [0.4, 0.5) is 5.69 Å². The summed E-state index contributed by atoms with van der Waals surface area (Å²) >= 11 is 1.32. The Morgan fingerprint density at radius 2 is 1.74 bits per heavy atom. The van der Waals surface area contributed by atoms with Crippen LogP contribution >= 0.6 is 11.8 Å². The number of aromatic amines is 1. The smallest absolute Gasteiger partial charge is 0.278 e. The number of hydrogen-bond donors (Lipinski definition) is 1. The van der Waals surface area contributed by atoms with Crippen molar-refractivity contribution >= 4 is 45.3 Å². The van der Waals surface area contributed by atoms with Crippen molar-refractivity contribution in [3.05, 3.63) is 65.0 Å². The molecule has 0 unspecified atom stereocenters. The van der Waals surface area contributed by atoms with Gasteiger partial charge in [0.05, 0.1) is 5.75 Å². The quantitative estimate of drug-likeness (QED) is 0.396. The summed E-state index contributed by atoms with van der Waals surface area (Å²) in [6, 6.07) is 18.0. The molecule has 1 aliphatic heterocycles. The normalized spacial score (nSPS) is 14.5. The van der Waals surface area contributed by atoms with Crippen molar-refractivity contribution in [3.63, 3.8) is 0 Å². The van der Waals surface area contributed by atoms with Crippen molar-refractivity contribution in [1.82, 2.24) is 19.4 Å². The summed E-state index contributed by atoms with van der Waals surface area (Å²) in [6.45, 7) is 3.03. The molecular formula is C23H23N5O2S. The highest BCUT2D eigenvalue weighted by molar-refractivity contribution is 7.99. The number of anilines is 1. The van der Waals surface area contributed by atoms with Gasteiger partial charge in [0.15, 0.2) is 5.16 Å². The molecule has 0 spiro atoms. The highest BCUT2D eigenvalue weighted by atomic mass is 32.2. The number of carbonyl (C=O) groups is 1. The number of piperazine rings is 1. The molecule has 8 heteroatoms. The number of aromatic nitrogens is 3. The molecule has 0 aliphatic carbocycles. The van der Waals surface area contributed by atoms with Crippen LogP contribution in [0.5, 0.6) is 0 Å². The number of para-hydroxylation sites is 2. The van der Waals surface area contributed by atoms with Gasteiger partial charge in [-0.1, -0.05) is 48.2 Å². The van der Waals surface area contributed by atoms with E-state index in [0.29, 0.717) is 29.3 Å². The molecular weight excluding hydrogens is 410 g/mol. The lowest BCUT2D eigenvalue weighted by Crippen LogP contribution is -2.49. The predicted octanol–water partition coefficient (Wildman–Crippen LogP) is 2.86. The van der Waals surface area contributed by atoms with Crippen molar-refractivity contribution in [2.24, 2.45) is 7.05 Å². The SMILES string of the molecule is Cn1c(SCC(=O)N2CCN(c3ccccc3)CC2)nc2c([nH]c3ccccc32)c1=O. The number of nitrogens with one attached hydrogen (secondary N) is 1. The molecule has 4 aromatic rings. The van der Waals surface area contributed by atoms with Crippen molar-refractivity contribution in [2.75, 3.05) is 36.8 Å². The van der Waals surface area contributed by atoms with Crippen molar-refractivity contribution in [3.8, 4) is 0 Å². The lowest BCUT2D eigenvalue weighted by molar-refractivity contribution is -0.128. The van der Waals surface area contributed by atoms with E-state index in [1.165, 1.54) is 22.0 Å². The number of thioether (sulfide) groups is 1. The Hall–Kier alpha value is -3.26. The molecule has 1 N–H and O–H groups in total. The molecule has 1 aliphatic rings. The molecule has 1 saturated heterocycles. The van der Waals surface area contributed by atoms with E-state index in [2.05, 4.69) is 22.0 Å². The van der Waals surface area contributed by atoms with E-state index in [-0.39, 0.29) is 17.2 Å². The fourth-order valence-corrected chi connectivity index (χ4v) is 4.89. The second-order valence-electron chi connectivity index (χ2n) is 7.64. The highest BCUT2D eigenvalue weighted by Gasteiger charge is 2.22. The van der Waals surface area contributed by atoms with Gasteiger partial charge in [0.1, 0.15) is 11.0 Å². The Morgan fingerprint density at radius 3 is 2.52 bits per heavy atom. The van der Waals surface area contributed by atoms with E-state index < -0.39 is 0 Å². The number of fused-ring (bicyclic) bond motifs is 3. The second-order valence-corrected chi connectivity index (χ2v) is 8.59. The van der Waals surface area contributed by atoms with E-state index in [4.69, 9.17) is 4.98 Å². The maximum Gasteiger partial charge on any atom is 0.278 e. The third-order valence-electron chi connectivity index (χ3n) is 5.77. The van der Waals surface area contributed by atoms with Crippen molar-refractivity contribution in [1.29, 1.82) is 0 Å². The zero-order valence-corrected chi connectivity index (χ0v) is 18.1. The third-order valence-corrected chi connectivity index (χ3v) is 6.78. The Bertz CT molecular complexity index is 1310. The number of carbonyl (C=O) groups excluding carboxylic acids is 1. The van der Waals surface area contributed by atoms with E-state index in [1.807, 2.05) is 47.4 Å². The minimum Gasteiger partial charge on any atom is -0.368 e. The zero-order valence-electron chi connectivity index (χ0n) is 17.2. The van der Waals surface area contributed by atoms with Gasteiger partial charge in [-0.2, -0.15) is 0 Å². The van der Waals surface area contributed by atoms with Crippen LogP contribution in [0.15, 0.2) is 64.5 Å². The number of amides is 1. The van der Waals surface area contributed by atoms with Crippen LogP contribution in [0.25, 0.3) is 21.9 Å². The molecule has 158 valence electrons. The lowest BCUT2D eigenvalue weighted by atomic mass is 10.2. The van der Waals surface area contributed by atoms with Gasteiger partial charge in [0.25, 0.3) is 5.56 Å². The molecule has 1 fully saturated rings. The van der Waals surface area contributed by atoms with Crippen LogP contribution in [0.3, 0.4) is 0 Å². The van der Waals surface area contributed by atoms with Gasteiger partial charge >= 0.3 is 0 Å². The Kier molecular flexibility index (Phi) is 5.15. The fraction of sp³-hybridized carbons (Fsp3) is 0.261. The van der Waals surface area contributed by atoms with Gasteiger partial charge in [0, 0.05) is 49.8 Å². The minimum atomic E-state index is -0.132. The molecule has 7 nitrogen and oxygen atoms in total. The number of H-pyrrole nitrogens is 1. The standard InChI is InChI=1S/C23H23N5O2S/c1-26-22(30)21-20(17-9-5-6-10-18(17)24-21)25-23(26)31-15-19(29)28-13-11-27(12-14-28)16-7-3-2-4-8-16/h2-10,24H,11-15H2,1H3. The first-order valence-corrected chi connectivity index (χ1v) is 11.3. The summed E-state index contributed by atoms with van der Waals surface area (Å²) in [4.78, 5) is 37.7. The molecule has 0 atom stereocenters. The first kappa shape index (κ1) is 19.7. The van der Waals surface area contributed by atoms with Gasteiger partial charge in [-0.15, -0.1) is 0 Å². The van der Waals surface area contributed by atoms with Crippen LogP contribution in [0.2, 0.25) is 0 Å². The maximum atomic E-state index is 12.8. The highest BCUT2D eigenvalue weighted by Crippen LogP contribution is 2.24. The van der Waals surface area contributed by atoms with Gasteiger partial charge in [-0.05, 0) is 18.2 Å². The summed E-state index contributed by atoms with van der Waals surface area (Å²) in [6.07, 6.45) is 0.